The van der Waals surface area contributed by atoms with Crippen molar-refractivity contribution in [3.8, 4) is 0 Å². The fourth-order valence-electron chi connectivity index (χ4n) is 2.53. The molecular weight excluding hydrogens is 308 g/mol. The van der Waals surface area contributed by atoms with Crippen LogP contribution in [-0.4, -0.2) is 29.3 Å². The second-order valence-electron chi connectivity index (χ2n) is 5.52. The van der Waals surface area contributed by atoms with Crippen LogP contribution < -0.4 is 5.32 Å². The van der Waals surface area contributed by atoms with E-state index < -0.39 is 5.97 Å². The van der Waals surface area contributed by atoms with Crippen molar-refractivity contribution in [3.05, 3.63) is 58.4 Å². The number of hydrogen-bond donors (Lipinski definition) is 2. The summed E-state index contributed by atoms with van der Waals surface area (Å²) in [6, 6.07) is 9.43. The summed E-state index contributed by atoms with van der Waals surface area (Å²) in [4.78, 5) is 38.3. The van der Waals surface area contributed by atoms with E-state index in [1.165, 1.54) is 6.92 Å². The van der Waals surface area contributed by atoms with Crippen molar-refractivity contribution in [3.63, 3.8) is 0 Å². The van der Waals surface area contributed by atoms with Gasteiger partial charge >= 0.3 is 5.97 Å². The van der Waals surface area contributed by atoms with Crippen molar-refractivity contribution >= 4 is 17.7 Å². The summed E-state index contributed by atoms with van der Waals surface area (Å²) < 4.78 is 5.01. The monoisotopic (exact) mass is 328 g/mol. The molecule has 1 amide bonds. The molecule has 0 unspecified atom stereocenters. The van der Waals surface area contributed by atoms with Crippen LogP contribution in [0.2, 0.25) is 0 Å². The van der Waals surface area contributed by atoms with Gasteiger partial charge in [0.1, 0.15) is 5.69 Å². The second-order valence-corrected chi connectivity index (χ2v) is 5.52. The molecule has 2 rings (SSSR count). The number of aryl methyl sites for hydroxylation is 1. The van der Waals surface area contributed by atoms with Crippen LogP contribution >= 0.6 is 0 Å². The predicted molar refractivity (Wildman–Crippen MR) is 88.8 cm³/mol. The Kier molecular flexibility index (Phi) is 5.52. The highest BCUT2D eigenvalue weighted by Gasteiger charge is 2.21. The van der Waals surface area contributed by atoms with Crippen LogP contribution in [0.3, 0.4) is 0 Å². The molecule has 6 heteroatoms. The van der Waals surface area contributed by atoms with Gasteiger partial charge < -0.3 is 15.0 Å². The Bertz CT molecular complexity index is 763. The molecule has 1 heterocycles. The fraction of sp³-hybridized carbons (Fsp3) is 0.278. The average molecular weight is 328 g/mol. The number of H-pyrrole nitrogens is 1. The molecule has 0 bridgehead atoms. The average Bonchev–Trinajstić information content (AvgIpc) is 2.86. The minimum absolute atomic E-state index is 0.124. The fourth-order valence-corrected chi connectivity index (χ4v) is 2.53. The number of Topliss-reactive ketones (excluding diaryl/α,β-unsaturated/α-hetero) is 1. The lowest BCUT2D eigenvalue weighted by Gasteiger charge is -2.06. The molecule has 0 aliphatic rings. The van der Waals surface area contributed by atoms with E-state index in [0.29, 0.717) is 23.4 Å². The molecule has 1 aromatic carbocycles. The molecule has 0 fully saturated rings. The van der Waals surface area contributed by atoms with Gasteiger partial charge in [-0.05, 0) is 31.9 Å². The van der Waals surface area contributed by atoms with Gasteiger partial charge in [0, 0.05) is 17.8 Å². The zero-order valence-corrected chi connectivity index (χ0v) is 13.9. The molecule has 2 N–H and O–H groups in total. The molecule has 126 valence electrons. The lowest BCUT2D eigenvalue weighted by atomic mass is 10.1. The summed E-state index contributed by atoms with van der Waals surface area (Å²) in [7, 11) is 0. The molecule has 0 aliphatic carbocycles. The number of amides is 1. The molecule has 0 spiro atoms. The first kappa shape index (κ1) is 17.5. The van der Waals surface area contributed by atoms with Crippen LogP contribution in [-0.2, 0) is 16.1 Å². The number of hydrogen-bond acceptors (Lipinski definition) is 4. The standard InChI is InChI=1S/C18H20N2O4/c1-11-16(13(3)21)12(2)20-17(11)18(23)24-10-15(22)19-9-14-7-5-4-6-8-14/h4-8,20H,9-10H2,1-3H3,(H,19,22). The largest absolute Gasteiger partial charge is 0.451 e. The lowest BCUT2D eigenvalue weighted by Crippen LogP contribution is -2.28. The topological polar surface area (TPSA) is 88.3 Å². The minimum atomic E-state index is -0.655. The first-order valence-electron chi connectivity index (χ1n) is 7.58. The Labute approximate surface area is 140 Å². The maximum Gasteiger partial charge on any atom is 0.355 e. The summed E-state index contributed by atoms with van der Waals surface area (Å²) in [6.45, 7) is 4.82. The van der Waals surface area contributed by atoms with Crippen LogP contribution in [0.5, 0.6) is 0 Å². The number of nitrogens with one attached hydrogen (secondary N) is 2. The molecule has 0 radical (unpaired) electrons. The van der Waals surface area contributed by atoms with Crippen LogP contribution in [0.1, 0.15) is 44.6 Å². The zero-order chi connectivity index (χ0) is 17.7. The lowest BCUT2D eigenvalue weighted by molar-refractivity contribution is -0.124. The van der Waals surface area contributed by atoms with Crippen molar-refractivity contribution in [2.75, 3.05) is 6.61 Å². The van der Waals surface area contributed by atoms with E-state index in [1.54, 1.807) is 13.8 Å². The van der Waals surface area contributed by atoms with Gasteiger partial charge in [-0.1, -0.05) is 30.3 Å². The van der Waals surface area contributed by atoms with Gasteiger partial charge in [-0.3, -0.25) is 9.59 Å². The second kappa shape index (κ2) is 7.59. The molecule has 6 nitrogen and oxygen atoms in total. The van der Waals surface area contributed by atoms with Crippen molar-refractivity contribution in [1.29, 1.82) is 0 Å². The quantitative estimate of drug-likeness (QED) is 0.629. The molecule has 0 saturated carbocycles. The smallest absolute Gasteiger partial charge is 0.355 e. The Morgan fingerprint density at radius 2 is 1.79 bits per heavy atom. The molecular formula is C18H20N2O4. The minimum Gasteiger partial charge on any atom is -0.451 e. The number of carbonyl (C=O) groups excluding carboxylic acids is 3. The van der Waals surface area contributed by atoms with E-state index >= 15 is 0 Å². The van der Waals surface area contributed by atoms with Gasteiger partial charge in [-0.15, -0.1) is 0 Å². The number of rotatable bonds is 6. The van der Waals surface area contributed by atoms with Crippen molar-refractivity contribution in [1.82, 2.24) is 10.3 Å². The highest BCUT2D eigenvalue weighted by molar-refractivity contribution is 6.01. The number of aromatic nitrogens is 1. The summed E-state index contributed by atoms with van der Waals surface area (Å²) in [5.41, 5.74) is 2.79. The van der Waals surface area contributed by atoms with E-state index in [1.807, 2.05) is 30.3 Å². The van der Waals surface area contributed by atoms with Gasteiger partial charge in [0.2, 0.25) is 0 Å². The van der Waals surface area contributed by atoms with E-state index in [9.17, 15) is 14.4 Å². The highest BCUT2D eigenvalue weighted by Crippen LogP contribution is 2.19. The first-order chi connectivity index (χ1) is 11.4. The summed E-state index contributed by atoms with van der Waals surface area (Å²) in [5, 5.41) is 2.67. The molecule has 0 aliphatic heterocycles. The Hall–Kier alpha value is -2.89. The summed E-state index contributed by atoms with van der Waals surface area (Å²) >= 11 is 0. The Morgan fingerprint density at radius 3 is 2.38 bits per heavy atom. The van der Waals surface area contributed by atoms with Crippen molar-refractivity contribution < 1.29 is 19.1 Å². The van der Waals surface area contributed by atoms with Gasteiger partial charge in [0.15, 0.2) is 12.4 Å². The third-order valence-corrected chi connectivity index (χ3v) is 3.66. The van der Waals surface area contributed by atoms with Crippen LogP contribution in [0, 0.1) is 13.8 Å². The van der Waals surface area contributed by atoms with Crippen molar-refractivity contribution in [2.45, 2.75) is 27.3 Å². The number of ketones is 1. The number of ether oxygens (including phenoxy) is 1. The number of benzene rings is 1. The SMILES string of the molecule is CC(=O)c1c(C)[nH]c(C(=O)OCC(=O)NCc2ccccc2)c1C. The van der Waals surface area contributed by atoms with Gasteiger partial charge in [0.05, 0.1) is 0 Å². The summed E-state index contributed by atoms with van der Waals surface area (Å²) in [5.74, 6) is -1.17. The molecule has 0 atom stereocenters. The van der Waals surface area contributed by atoms with Crippen LogP contribution in [0.25, 0.3) is 0 Å². The normalized spacial score (nSPS) is 10.3. The summed E-state index contributed by atoms with van der Waals surface area (Å²) in [6.07, 6.45) is 0. The molecule has 2 aromatic rings. The van der Waals surface area contributed by atoms with Crippen LogP contribution in [0.4, 0.5) is 0 Å². The van der Waals surface area contributed by atoms with Gasteiger partial charge in [-0.2, -0.15) is 0 Å². The maximum atomic E-state index is 12.1. The number of aromatic amines is 1. The van der Waals surface area contributed by atoms with Crippen LogP contribution in [0.15, 0.2) is 30.3 Å². The third-order valence-electron chi connectivity index (χ3n) is 3.66. The zero-order valence-electron chi connectivity index (χ0n) is 13.9. The van der Waals surface area contributed by atoms with Gasteiger partial charge in [-0.25, -0.2) is 4.79 Å². The highest BCUT2D eigenvalue weighted by atomic mass is 16.5. The van der Waals surface area contributed by atoms with E-state index in [-0.39, 0.29) is 24.0 Å². The molecule has 24 heavy (non-hydrogen) atoms. The van der Waals surface area contributed by atoms with E-state index in [4.69, 9.17) is 4.74 Å². The van der Waals surface area contributed by atoms with E-state index in [2.05, 4.69) is 10.3 Å². The van der Waals surface area contributed by atoms with Crippen molar-refractivity contribution in [2.24, 2.45) is 0 Å². The predicted octanol–water partition coefficient (Wildman–Crippen LogP) is 2.31. The Balaban J connectivity index is 1.90. The molecule has 0 saturated heterocycles. The number of carbonyl (C=O) groups is 3. The maximum absolute atomic E-state index is 12.1. The Morgan fingerprint density at radius 1 is 1.12 bits per heavy atom. The van der Waals surface area contributed by atoms with Gasteiger partial charge in [0.25, 0.3) is 5.91 Å². The first-order valence-corrected chi connectivity index (χ1v) is 7.58. The number of esters is 1. The van der Waals surface area contributed by atoms with E-state index in [0.717, 1.165) is 5.56 Å². The molecule has 1 aromatic heterocycles. The third kappa shape index (κ3) is 4.10.